The fourth-order valence-electron chi connectivity index (χ4n) is 2.40. The third kappa shape index (κ3) is 4.43. The molecule has 22 heavy (non-hydrogen) atoms. The average Bonchev–Trinajstić information content (AvgIpc) is 2.53. The van der Waals surface area contributed by atoms with E-state index in [2.05, 4.69) is 66.1 Å². The number of hydrogen-bond donors (Lipinski definition) is 2. The van der Waals surface area contributed by atoms with Gasteiger partial charge in [-0.3, -0.25) is 4.79 Å². The molecule has 0 aromatic heterocycles. The Kier molecular flexibility index (Phi) is 5.73. The SMILES string of the molecule is CNCC(C)C(=O)NCc1ccc(-c2cccc(C)c2)cc1. The fraction of sp³-hybridized carbons (Fsp3) is 0.316. The summed E-state index contributed by atoms with van der Waals surface area (Å²) in [5.74, 6) is 0.0636. The highest BCUT2D eigenvalue weighted by atomic mass is 16.1. The lowest BCUT2D eigenvalue weighted by Gasteiger charge is -2.12. The Labute approximate surface area is 132 Å². The Morgan fingerprint density at radius 3 is 2.45 bits per heavy atom. The minimum absolute atomic E-state index is 0.0171. The van der Waals surface area contributed by atoms with Crippen LogP contribution in [-0.2, 0) is 11.3 Å². The van der Waals surface area contributed by atoms with Crippen LogP contribution in [-0.4, -0.2) is 19.5 Å². The van der Waals surface area contributed by atoms with Gasteiger partial charge in [0.2, 0.25) is 5.91 Å². The molecule has 0 aliphatic heterocycles. The number of amides is 1. The molecule has 1 unspecified atom stereocenters. The van der Waals surface area contributed by atoms with Gasteiger partial charge in [0, 0.05) is 19.0 Å². The number of carbonyl (C=O) groups is 1. The maximum Gasteiger partial charge on any atom is 0.224 e. The summed E-state index contributed by atoms with van der Waals surface area (Å²) >= 11 is 0. The van der Waals surface area contributed by atoms with Crippen molar-refractivity contribution in [1.29, 1.82) is 0 Å². The molecule has 1 amide bonds. The molecule has 116 valence electrons. The van der Waals surface area contributed by atoms with E-state index in [1.54, 1.807) is 0 Å². The molecule has 0 aliphatic carbocycles. The maximum atomic E-state index is 11.9. The summed E-state index contributed by atoms with van der Waals surface area (Å²) in [4.78, 5) is 11.9. The van der Waals surface area contributed by atoms with Crippen LogP contribution in [0.1, 0.15) is 18.1 Å². The molecule has 2 rings (SSSR count). The monoisotopic (exact) mass is 296 g/mol. The van der Waals surface area contributed by atoms with Crippen LogP contribution in [0.25, 0.3) is 11.1 Å². The summed E-state index contributed by atoms with van der Waals surface area (Å²) in [6.45, 7) is 5.28. The minimum atomic E-state index is -0.0171. The Morgan fingerprint density at radius 2 is 1.82 bits per heavy atom. The summed E-state index contributed by atoms with van der Waals surface area (Å²) in [5.41, 5.74) is 4.79. The number of hydrogen-bond acceptors (Lipinski definition) is 2. The summed E-state index contributed by atoms with van der Waals surface area (Å²) in [7, 11) is 1.85. The van der Waals surface area contributed by atoms with Crippen LogP contribution in [0.4, 0.5) is 0 Å². The van der Waals surface area contributed by atoms with Crippen LogP contribution in [0.3, 0.4) is 0 Å². The summed E-state index contributed by atoms with van der Waals surface area (Å²) in [6.07, 6.45) is 0. The zero-order valence-corrected chi connectivity index (χ0v) is 13.5. The molecule has 3 nitrogen and oxygen atoms in total. The maximum absolute atomic E-state index is 11.9. The fourth-order valence-corrected chi connectivity index (χ4v) is 2.40. The lowest BCUT2D eigenvalue weighted by Crippen LogP contribution is -2.33. The highest BCUT2D eigenvalue weighted by molar-refractivity contribution is 5.78. The molecular weight excluding hydrogens is 272 g/mol. The van der Waals surface area contributed by atoms with Gasteiger partial charge in [0.1, 0.15) is 0 Å². The quantitative estimate of drug-likeness (QED) is 0.860. The van der Waals surface area contributed by atoms with Crippen LogP contribution in [0.15, 0.2) is 48.5 Å². The highest BCUT2D eigenvalue weighted by Crippen LogP contribution is 2.20. The molecule has 0 fully saturated rings. The van der Waals surface area contributed by atoms with Crippen molar-refractivity contribution < 1.29 is 4.79 Å². The van der Waals surface area contributed by atoms with E-state index >= 15 is 0 Å². The van der Waals surface area contributed by atoms with E-state index in [0.717, 1.165) is 5.56 Å². The van der Waals surface area contributed by atoms with E-state index in [0.29, 0.717) is 13.1 Å². The molecule has 3 heteroatoms. The van der Waals surface area contributed by atoms with E-state index in [-0.39, 0.29) is 11.8 Å². The lowest BCUT2D eigenvalue weighted by molar-refractivity contribution is -0.124. The normalized spacial score (nSPS) is 12.0. The number of nitrogens with one attached hydrogen (secondary N) is 2. The minimum Gasteiger partial charge on any atom is -0.352 e. The van der Waals surface area contributed by atoms with Crippen LogP contribution in [0.2, 0.25) is 0 Å². The van der Waals surface area contributed by atoms with Crippen LogP contribution in [0, 0.1) is 12.8 Å². The zero-order valence-electron chi connectivity index (χ0n) is 13.5. The number of carbonyl (C=O) groups excluding carboxylic acids is 1. The van der Waals surface area contributed by atoms with Crippen molar-refractivity contribution in [3.05, 3.63) is 59.7 Å². The Morgan fingerprint density at radius 1 is 1.09 bits per heavy atom. The van der Waals surface area contributed by atoms with E-state index in [1.807, 2.05) is 14.0 Å². The van der Waals surface area contributed by atoms with E-state index < -0.39 is 0 Å². The summed E-state index contributed by atoms with van der Waals surface area (Å²) in [6, 6.07) is 16.8. The van der Waals surface area contributed by atoms with Gasteiger partial charge in [-0.1, -0.05) is 61.0 Å². The van der Waals surface area contributed by atoms with Crippen LogP contribution >= 0.6 is 0 Å². The van der Waals surface area contributed by atoms with Crippen molar-refractivity contribution >= 4 is 5.91 Å². The molecule has 0 aliphatic rings. The summed E-state index contributed by atoms with van der Waals surface area (Å²) in [5, 5.41) is 5.99. The van der Waals surface area contributed by atoms with Gasteiger partial charge in [0.15, 0.2) is 0 Å². The van der Waals surface area contributed by atoms with Crippen molar-refractivity contribution in [2.45, 2.75) is 20.4 Å². The third-order valence-electron chi connectivity index (χ3n) is 3.73. The average molecular weight is 296 g/mol. The second-order valence-corrected chi connectivity index (χ2v) is 5.74. The van der Waals surface area contributed by atoms with Gasteiger partial charge in [0.05, 0.1) is 0 Å². The van der Waals surface area contributed by atoms with Gasteiger partial charge in [-0.25, -0.2) is 0 Å². The highest BCUT2D eigenvalue weighted by Gasteiger charge is 2.10. The van der Waals surface area contributed by atoms with E-state index in [1.165, 1.54) is 16.7 Å². The molecule has 0 radical (unpaired) electrons. The lowest BCUT2D eigenvalue weighted by atomic mass is 10.0. The Hall–Kier alpha value is -2.13. The van der Waals surface area contributed by atoms with Gasteiger partial charge in [0.25, 0.3) is 0 Å². The van der Waals surface area contributed by atoms with Crippen molar-refractivity contribution in [1.82, 2.24) is 10.6 Å². The number of rotatable bonds is 6. The van der Waals surface area contributed by atoms with Gasteiger partial charge in [-0.2, -0.15) is 0 Å². The standard InChI is InChI=1S/C19H24N2O/c1-14-5-4-6-18(11-14)17-9-7-16(8-10-17)13-21-19(22)15(2)12-20-3/h4-11,15,20H,12-13H2,1-3H3,(H,21,22). The largest absolute Gasteiger partial charge is 0.352 e. The molecule has 2 aromatic rings. The second-order valence-electron chi connectivity index (χ2n) is 5.74. The smallest absolute Gasteiger partial charge is 0.224 e. The van der Waals surface area contributed by atoms with Crippen LogP contribution < -0.4 is 10.6 Å². The van der Waals surface area contributed by atoms with Crippen molar-refractivity contribution in [3.8, 4) is 11.1 Å². The predicted molar refractivity (Wildman–Crippen MR) is 91.6 cm³/mol. The van der Waals surface area contributed by atoms with Gasteiger partial charge in [-0.15, -0.1) is 0 Å². The molecule has 0 bridgehead atoms. The molecule has 0 saturated heterocycles. The molecule has 2 aromatic carbocycles. The first kappa shape index (κ1) is 16.2. The molecule has 2 N–H and O–H groups in total. The third-order valence-corrected chi connectivity index (χ3v) is 3.73. The molecule has 0 heterocycles. The van der Waals surface area contributed by atoms with Crippen molar-refractivity contribution in [2.75, 3.05) is 13.6 Å². The Balaban J connectivity index is 1.96. The van der Waals surface area contributed by atoms with Crippen molar-refractivity contribution in [2.24, 2.45) is 5.92 Å². The van der Waals surface area contributed by atoms with Crippen LogP contribution in [0.5, 0.6) is 0 Å². The Bertz CT molecular complexity index is 620. The molecule has 1 atom stereocenters. The zero-order chi connectivity index (χ0) is 15.9. The van der Waals surface area contributed by atoms with E-state index in [9.17, 15) is 4.79 Å². The molecule has 0 saturated carbocycles. The predicted octanol–water partition coefficient (Wildman–Crippen LogP) is 3.13. The molecular formula is C19H24N2O. The topological polar surface area (TPSA) is 41.1 Å². The van der Waals surface area contributed by atoms with Gasteiger partial charge < -0.3 is 10.6 Å². The van der Waals surface area contributed by atoms with Gasteiger partial charge >= 0.3 is 0 Å². The first-order chi connectivity index (χ1) is 10.6. The first-order valence-corrected chi connectivity index (χ1v) is 7.68. The van der Waals surface area contributed by atoms with Gasteiger partial charge in [-0.05, 0) is 30.7 Å². The van der Waals surface area contributed by atoms with E-state index in [4.69, 9.17) is 0 Å². The number of benzene rings is 2. The molecule has 0 spiro atoms. The van der Waals surface area contributed by atoms with Crippen molar-refractivity contribution in [3.63, 3.8) is 0 Å². The second kappa shape index (κ2) is 7.76. The first-order valence-electron chi connectivity index (χ1n) is 7.68. The number of aryl methyl sites for hydroxylation is 1. The summed E-state index contributed by atoms with van der Waals surface area (Å²) < 4.78 is 0.